The van der Waals surface area contributed by atoms with E-state index in [-0.39, 0.29) is 5.41 Å². The Labute approximate surface area is 120 Å². The number of hydrogen-bond acceptors (Lipinski definition) is 3. The topological polar surface area (TPSA) is 48.1 Å². The van der Waals surface area contributed by atoms with Gasteiger partial charge in [-0.15, -0.1) is 0 Å². The highest BCUT2D eigenvalue weighted by molar-refractivity contribution is 5.37. The summed E-state index contributed by atoms with van der Waals surface area (Å²) in [5.74, 6) is 1.39. The largest absolute Gasteiger partial charge is 0.439 e. The zero-order chi connectivity index (χ0) is 14.8. The number of aromatic nitrogens is 1. The molecule has 3 heteroatoms. The van der Waals surface area contributed by atoms with Crippen molar-refractivity contribution < 1.29 is 4.74 Å². The third-order valence-electron chi connectivity index (χ3n) is 3.21. The first kappa shape index (κ1) is 14.5. The number of nitrogens with two attached hydrogens (primary N) is 1. The Morgan fingerprint density at radius 3 is 2.55 bits per heavy atom. The van der Waals surface area contributed by atoms with E-state index in [1.807, 2.05) is 31.2 Å². The van der Waals surface area contributed by atoms with Gasteiger partial charge in [0.15, 0.2) is 0 Å². The molecule has 0 spiro atoms. The summed E-state index contributed by atoms with van der Waals surface area (Å²) in [6.45, 7) is 8.91. The maximum Gasteiger partial charge on any atom is 0.223 e. The van der Waals surface area contributed by atoms with E-state index in [1.165, 1.54) is 5.56 Å². The van der Waals surface area contributed by atoms with Crippen LogP contribution in [0, 0.1) is 6.92 Å². The lowest BCUT2D eigenvalue weighted by molar-refractivity contribution is 0.452. The predicted molar refractivity (Wildman–Crippen MR) is 82.1 cm³/mol. The van der Waals surface area contributed by atoms with Gasteiger partial charge >= 0.3 is 0 Å². The monoisotopic (exact) mass is 270 g/mol. The van der Waals surface area contributed by atoms with E-state index >= 15 is 0 Å². The Balaban J connectivity index is 2.33. The molecule has 0 bridgehead atoms. The molecule has 1 aromatic heterocycles. The number of rotatable bonds is 3. The standard InChI is InChI=1S/C17H22N2O/c1-12-8-9-13(11-18)16(19-12)20-15-7-5-6-14(10-15)17(2,3)4/h5-10H,11,18H2,1-4H3. The third kappa shape index (κ3) is 3.36. The fourth-order valence-electron chi connectivity index (χ4n) is 1.94. The summed E-state index contributed by atoms with van der Waals surface area (Å²) in [5, 5.41) is 0. The fourth-order valence-corrected chi connectivity index (χ4v) is 1.94. The highest BCUT2D eigenvalue weighted by atomic mass is 16.5. The van der Waals surface area contributed by atoms with Crippen LogP contribution >= 0.6 is 0 Å². The Morgan fingerprint density at radius 2 is 1.90 bits per heavy atom. The number of benzene rings is 1. The van der Waals surface area contributed by atoms with Crippen LogP contribution in [0.4, 0.5) is 0 Å². The molecule has 0 saturated heterocycles. The van der Waals surface area contributed by atoms with Gasteiger partial charge in [0, 0.05) is 17.8 Å². The zero-order valence-corrected chi connectivity index (χ0v) is 12.6. The van der Waals surface area contributed by atoms with E-state index in [0.717, 1.165) is 17.0 Å². The number of ether oxygens (including phenoxy) is 1. The van der Waals surface area contributed by atoms with Crippen LogP contribution in [0.5, 0.6) is 11.6 Å². The van der Waals surface area contributed by atoms with Crippen molar-refractivity contribution in [1.82, 2.24) is 4.98 Å². The second-order valence-electron chi connectivity index (χ2n) is 6.00. The molecule has 0 amide bonds. The maximum absolute atomic E-state index is 5.93. The molecule has 2 rings (SSSR count). The van der Waals surface area contributed by atoms with Crippen molar-refractivity contribution in [3.8, 4) is 11.6 Å². The van der Waals surface area contributed by atoms with Gasteiger partial charge in [-0.25, -0.2) is 4.98 Å². The molecule has 2 N–H and O–H groups in total. The van der Waals surface area contributed by atoms with Crippen molar-refractivity contribution in [2.45, 2.75) is 39.7 Å². The van der Waals surface area contributed by atoms with Crippen molar-refractivity contribution in [2.24, 2.45) is 5.73 Å². The number of hydrogen-bond donors (Lipinski definition) is 1. The summed E-state index contributed by atoms with van der Waals surface area (Å²) in [4.78, 5) is 4.43. The van der Waals surface area contributed by atoms with Gasteiger partial charge in [-0.2, -0.15) is 0 Å². The van der Waals surface area contributed by atoms with Gasteiger partial charge in [0.2, 0.25) is 5.88 Å². The van der Waals surface area contributed by atoms with Gasteiger partial charge in [-0.3, -0.25) is 0 Å². The lowest BCUT2D eigenvalue weighted by Gasteiger charge is -2.20. The van der Waals surface area contributed by atoms with Crippen LogP contribution in [-0.4, -0.2) is 4.98 Å². The van der Waals surface area contributed by atoms with Crippen molar-refractivity contribution in [1.29, 1.82) is 0 Å². The second kappa shape index (κ2) is 5.63. The Kier molecular flexibility index (Phi) is 4.09. The summed E-state index contributed by atoms with van der Waals surface area (Å²) in [7, 11) is 0. The predicted octanol–water partition coefficient (Wildman–Crippen LogP) is 3.94. The average molecular weight is 270 g/mol. The van der Waals surface area contributed by atoms with Crippen LogP contribution in [0.15, 0.2) is 36.4 Å². The SMILES string of the molecule is Cc1ccc(CN)c(Oc2cccc(C(C)(C)C)c2)n1. The van der Waals surface area contributed by atoms with Crippen LogP contribution in [0.25, 0.3) is 0 Å². The lowest BCUT2D eigenvalue weighted by atomic mass is 9.87. The smallest absolute Gasteiger partial charge is 0.223 e. The Morgan fingerprint density at radius 1 is 1.15 bits per heavy atom. The van der Waals surface area contributed by atoms with E-state index in [9.17, 15) is 0 Å². The summed E-state index contributed by atoms with van der Waals surface area (Å²) in [6.07, 6.45) is 0. The zero-order valence-electron chi connectivity index (χ0n) is 12.6. The number of nitrogens with zero attached hydrogens (tertiary/aromatic N) is 1. The Bertz CT molecular complexity index is 600. The van der Waals surface area contributed by atoms with Gasteiger partial charge in [-0.1, -0.05) is 39.0 Å². The lowest BCUT2D eigenvalue weighted by Crippen LogP contribution is -2.10. The maximum atomic E-state index is 5.93. The molecule has 0 saturated carbocycles. The van der Waals surface area contributed by atoms with Crippen molar-refractivity contribution >= 4 is 0 Å². The third-order valence-corrected chi connectivity index (χ3v) is 3.21. The minimum atomic E-state index is 0.0934. The van der Waals surface area contributed by atoms with E-state index in [4.69, 9.17) is 10.5 Å². The minimum Gasteiger partial charge on any atom is -0.439 e. The fraction of sp³-hybridized carbons (Fsp3) is 0.353. The Hall–Kier alpha value is -1.87. The first-order valence-electron chi connectivity index (χ1n) is 6.85. The highest BCUT2D eigenvalue weighted by Gasteiger charge is 2.14. The number of aryl methyl sites for hydroxylation is 1. The first-order valence-corrected chi connectivity index (χ1v) is 6.85. The van der Waals surface area contributed by atoms with E-state index in [2.05, 4.69) is 37.9 Å². The molecule has 3 nitrogen and oxygen atoms in total. The molecule has 0 aliphatic heterocycles. The van der Waals surface area contributed by atoms with Gasteiger partial charge in [0.1, 0.15) is 5.75 Å². The van der Waals surface area contributed by atoms with Gasteiger partial charge in [-0.05, 0) is 36.1 Å². The normalized spacial score (nSPS) is 11.4. The van der Waals surface area contributed by atoms with Crippen LogP contribution in [0.2, 0.25) is 0 Å². The van der Waals surface area contributed by atoms with Gasteiger partial charge in [0.05, 0.1) is 0 Å². The molecule has 0 unspecified atom stereocenters. The van der Waals surface area contributed by atoms with Gasteiger partial charge < -0.3 is 10.5 Å². The van der Waals surface area contributed by atoms with Gasteiger partial charge in [0.25, 0.3) is 0 Å². The van der Waals surface area contributed by atoms with Crippen molar-refractivity contribution in [3.63, 3.8) is 0 Å². The molecule has 0 fully saturated rings. The average Bonchev–Trinajstić information content (AvgIpc) is 2.38. The van der Waals surface area contributed by atoms with E-state index in [1.54, 1.807) is 0 Å². The molecular formula is C17H22N2O. The van der Waals surface area contributed by atoms with Crippen LogP contribution in [-0.2, 0) is 12.0 Å². The van der Waals surface area contributed by atoms with E-state index < -0.39 is 0 Å². The van der Waals surface area contributed by atoms with Crippen LogP contribution in [0.1, 0.15) is 37.6 Å². The minimum absolute atomic E-state index is 0.0934. The summed E-state index contributed by atoms with van der Waals surface area (Å²) in [6, 6.07) is 12.0. The van der Waals surface area contributed by atoms with Crippen LogP contribution in [0.3, 0.4) is 0 Å². The van der Waals surface area contributed by atoms with E-state index in [0.29, 0.717) is 12.4 Å². The summed E-state index contributed by atoms with van der Waals surface area (Å²) < 4.78 is 5.93. The molecule has 1 heterocycles. The second-order valence-corrected chi connectivity index (χ2v) is 6.00. The summed E-state index contributed by atoms with van der Waals surface area (Å²) >= 11 is 0. The molecule has 0 atom stereocenters. The number of pyridine rings is 1. The first-order chi connectivity index (χ1) is 9.40. The molecule has 20 heavy (non-hydrogen) atoms. The van der Waals surface area contributed by atoms with Crippen molar-refractivity contribution in [3.05, 3.63) is 53.2 Å². The molecule has 0 aliphatic carbocycles. The quantitative estimate of drug-likeness (QED) is 0.919. The molecule has 106 valence electrons. The highest BCUT2D eigenvalue weighted by Crippen LogP contribution is 2.29. The molecule has 2 aromatic rings. The molecule has 0 radical (unpaired) electrons. The summed E-state index contributed by atoms with van der Waals surface area (Å²) in [5.41, 5.74) is 8.89. The van der Waals surface area contributed by atoms with Crippen LogP contribution < -0.4 is 10.5 Å². The molecular weight excluding hydrogens is 248 g/mol. The molecule has 1 aromatic carbocycles. The van der Waals surface area contributed by atoms with Crippen molar-refractivity contribution in [2.75, 3.05) is 0 Å². The molecule has 0 aliphatic rings.